The summed E-state index contributed by atoms with van der Waals surface area (Å²) in [6.07, 6.45) is 4.26. The molecule has 0 radical (unpaired) electrons. The first-order valence-corrected chi connectivity index (χ1v) is 7.80. The van der Waals surface area contributed by atoms with Crippen LogP contribution in [0.4, 0.5) is 0 Å². The van der Waals surface area contributed by atoms with Gasteiger partial charge in [-0.3, -0.25) is 9.59 Å². The van der Waals surface area contributed by atoms with Crippen LogP contribution in [0.1, 0.15) is 52.9 Å². The number of rotatable bonds is 2. The molecule has 1 aliphatic carbocycles. The molecule has 2 rings (SSSR count). The average Bonchev–Trinajstić information content (AvgIpc) is 2.90. The number of hydrogen-bond donors (Lipinski definition) is 1. The molecule has 0 bridgehead atoms. The minimum atomic E-state index is -0.738. The fourth-order valence-electron chi connectivity index (χ4n) is 3.63. The van der Waals surface area contributed by atoms with Crippen molar-refractivity contribution in [2.75, 3.05) is 13.1 Å². The van der Waals surface area contributed by atoms with Gasteiger partial charge in [-0.25, -0.2) is 0 Å². The zero-order chi connectivity index (χ0) is 14.9. The van der Waals surface area contributed by atoms with Gasteiger partial charge in [-0.1, -0.05) is 20.8 Å². The van der Waals surface area contributed by atoms with E-state index in [1.54, 1.807) is 0 Å². The molecule has 1 heterocycles. The van der Waals surface area contributed by atoms with Crippen LogP contribution in [-0.2, 0) is 9.59 Å². The first kappa shape index (κ1) is 15.3. The average molecular weight is 281 g/mol. The quantitative estimate of drug-likeness (QED) is 0.846. The van der Waals surface area contributed by atoms with Gasteiger partial charge in [0, 0.05) is 19.0 Å². The first-order valence-electron chi connectivity index (χ1n) is 7.80. The fraction of sp³-hybridized carbons (Fsp3) is 0.875. The van der Waals surface area contributed by atoms with E-state index in [0.717, 1.165) is 32.4 Å². The Bertz CT molecular complexity index is 380. The molecular formula is C16H27NO3. The molecule has 4 nitrogen and oxygen atoms in total. The van der Waals surface area contributed by atoms with Crippen molar-refractivity contribution in [3.63, 3.8) is 0 Å². The highest BCUT2D eigenvalue weighted by Gasteiger charge is 2.41. The number of carbonyl (C=O) groups is 2. The predicted octanol–water partition coefficient (Wildman–Crippen LogP) is 2.77. The zero-order valence-electron chi connectivity index (χ0n) is 12.9. The van der Waals surface area contributed by atoms with E-state index in [4.69, 9.17) is 0 Å². The monoisotopic (exact) mass is 281 g/mol. The summed E-state index contributed by atoms with van der Waals surface area (Å²) in [5.41, 5.74) is 0.0671. The molecule has 0 aromatic rings. The number of hydrogen-bond acceptors (Lipinski definition) is 2. The van der Waals surface area contributed by atoms with Gasteiger partial charge in [0.2, 0.25) is 5.91 Å². The Kier molecular flexibility index (Phi) is 4.40. The Morgan fingerprint density at radius 1 is 1.00 bits per heavy atom. The van der Waals surface area contributed by atoms with E-state index in [-0.39, 0.29) is 23.2 Å². The van der Waals surface area contributed by atoms with Crippen LogP contribution >= 0.6 is 0 Å². The number of amides is 1. The minimum absolute atomic E-state index is 0.0671. The van der Waals surface area contributed by atoms with Crippen LogP contribution in [-0.4, -0.2) is 35.0 Å². The molecule has 1 N–H and O–H groups in total. The van der Waals surface area contributed by atoms with Gasteiger partial charge >= 0.3 is 5.97 Å². The Labute approximate surface area is 121 Å². The van der Waals surface area contributed by atoms with Crippen LogP contribution in [0.3, 0.4) is 0 Å². The third-order valence-corrected chi connectivity index (χ3v) is 5.05. The highest BCUT2D eigenvalue weighted by Crippen LogP contribution is 2.43. The molecule has 114 valence electrons. The Morgan fingerprint density at radius 2 is 1.55 bits per heavy atom. The molecule has 0 aromatic heterocycles. The highest BCUT2D eigenvalue weighted by molar-refractivity contribution is 5.80. The van der Waals surface area contributed by atoms with Gasteiger partial charge in [-0.15, -0.1) is 0 Å². The van der Waals surface area contributed by atoms with E-state index in [0.29, 0.717) is 18.8 Å². The standard InChI is InChI=1S/C16H27NO3/c1-16(2,3)13-9-11(8-12(10-13)15(19)20)14(18)17-6-4-5-7-17/h11-13H,4-10H2,1-3H3,(H,19,20)/t11-,12+,13+/m1/s1. The third kappa shape index (κ3) is 3.33. The molecule has 1 saturated heterocycles. The van der Waals surface area contributed by atoms with E-state index in [9.17, 15) is 14.7 Å². The molecule has 0 aromatic carbocycles. The van der Waals surface area contributed by atoms with Gasteiger partial charge < -0.3 is 10.0 Å². The van der Waals surface area contributed by atoms with E-state index in [1.807, 2.05) is 4.90 Å². The van der Waals surface area contributed by atoms with E-state index < -0.39 is 5.97 Å². The lowest BCUT2D eigenvalue weighted by atomic mass is 9.65. The topological polar surface area (TPSA) is 57.6 Å². The summed E-state index contributed by atoms with van der Waals surface area (Å²) in [7, 11) is 0. The molecule has 1 saturated carbocycles. The molecule has 1 amide bonds. The van der Waals surface area contributed by atoms with E-state index >= 15 is 0 Å². The number of likely N-dealkylation sites (tertiary alicyclic amines) is 1. The zero-order valence-corrected chi connectivity index (χ0v) is 12.9. The van der Waals surface area contributed by atoms with Gasteiger partial charge in [0.25, 0.3) is 0 Å². The maximum absolute atomic E-state index is 12.6. The lowest BCUT2D eigenvalue weighted by Crippen LogP contribution is -2.42. The molecule has 1 aliphatic heterocycles. The van der Waals surface area contributed by atoms with E-state index in [1.165, 1.54) is 0 Å². The first-order chi connectivity index (χ1) is 9.29. The molecule has 2 aliphatic rings. The summed E-state index contributed by atoms with van der Waals surface area (Å²) in [5, 5.41) is 9.36. The molecule has 2 fully saturated rings. The molecule has 4 heteroatoms. The van der Waals surface area contributed by atoms with Crippen molar-refractivity contribution in [1.82, 2.24) is 4.90 Å². The molecule has 0 unspecified atom stereocenters. The summed E-state index contributed by atoms with van der Waals surface area (Å²) in [5.74, 6) is -0.675. The van der Waals surface area contributed by atoms with Crippen molar-refractivity contribution in [1.29, 1.82) is 0 Å². The number of aliphatic carboxylic acids is 1. The number of carboxylic acids is 1. The number of carboxylic acid groups (broad SMARTS) is 1. The largest absolute Gasteiger partial charge is 0.481 e. The second-order valence-corrected chi connectivity index (χ2v) is 7.53. The van der Waals surface area contributed by atoms with E-state index in [2.05, 4.69) is 20.8 Å². The highest BCUT2D eigenvalue weighted by atomic mass is 16.4. The number of nitrogens with zero attached hydrogens (tertiary/aromatic N) is 1. The summed E-state index contributed by atoms with van der Waals surface area (Å²) in [6, 6.07) is 0. The maximum atomic E-state index is 12.6. The second-order valence-electron chi connectivity index (χ2n) is 7.53. The lowest BCUT2D eigenvalue weighted by Gasteiger charge is -2.40. The van der Waals surface area contributed by atoms with Crippen molar-refractivity contribution >= 4 is 11.9 Å². The second kappa shape index (κ2) is 5.74. The summed E-state index contributed by atoms with van der Waals surface area (Å²) >= 11 is 0. The van der Waals surface area contributed by atoms with Crippen molar-refractivity contribution in [3.8, 4) is 0 Å². The minimum Gasteiger partial charge on any atom is -0.481 e. The predicted molar refractivity (Wildman–Crippen MR) is 77.2 cm³/mol. The van der Waals surface area contributed by atoms with Crippen LogP contribution in [0, 0.1) is 23.2 Å². The lowest BCUT2D eigenvalue weighted by molar-refractivity contribution is -0.147. The van der Waals surface area contributed by atoms with Crippen LogP contribution in [0.2, 0.25) is 0 Å². The van der Waals surface area contributed by atoms with Gasteiger partial charge in [0.05, 0.1) is 5.92 Å². The molecule has 3 atom stereocenters. The Balaban J connectivity index is 2.10. The SMILES string of the molecule is CC(C)(C)[C@@H]1C[C@@H](C(=O)O)C[C@@H](C(=O)N2CCCC2)C1. The smallest absolute Gasteiger partial charge is 0.306 e. The van der Waals surface area contributed by atoms with Gasteiger partial charge in [-0.05, 0) is 43.4 Å². The normalized spacial score (nSPS) is 31.4. The van der Waals surface area contributed by atoms with Gasteiger partial charge in [0.1, 0.15) is 0 Å². The fourth-order valence-corrected chi connectivity index (χ4v) is 3.63. The van der Waals surface area contributed by atoms with Crippen LogP contribution < -0.4 is 0 Å². The van der Waals surface area contributed by atoms with Gasteiger partial charge in [0.15, 0.2) is 0 Å². The van der Waals surface area contributed by atoms with Crippen molar-refractivity contribution in [3.05, 3.63) is 0 Å². The molecule has 20 heavy (non-hydrogen) atoms. The van der Waals surface area contributed by atoms with Crippen molar-refractivity contribution < 1.29 is 14.7 Å². The van der Waals surface area contributed by atoms with Crippen molar-refractivity contribution in [2.24, 2.45) is 23.2 Å². The third-order valence-electron chi connectivity index (χ3n) is 5.05. The summed E-state index contributed by atoms with van der Waals surface area (Å²) in [4.78, 5) is 25.9. The van der Waals surface area contributed by atoms with Crippen LogP contribution in [0.25, 0.3) is 0 Å². The maximum Gasteiger partial charge on any atom is 0.306 e. The van der Waals surface area contributed by atoms with Gasteiger partial charge in [-0.2, -0.15) is 0 Å². The van der Waals surface area contributed by atoms with Crippen LogP contribution in [0.5, 0.6) is 0 Å². The summed E-state index contributed by atoms with van der Waals surface area (Å²) < 4.78 is 0. The number of carbonyl (C=O) groups excluding carboxylic acids is 1. The van der Waals surface area contributed by atoms with Crippen LogP contribution in [0.15, 0.2) is 0 Å². The Morgan fingerprint density at radius 3 is 2.05 bits per heavy atom. The summed E-state index contributed by atoms with van der Waals surface area (Å²) in [6.45, 7) is 8.17. The van der Waals surface area contributed by atoms with Crippen molar-refractivity contribution in [2.45, 2.75) is 52.9 Å². The Hall–Kier alpha value is -1.06. The molecule has 0 spiro atoms. The molecular weight excluding hydrogens is 254 g/mol.